The molecule has 1 aliphatic rings. The zero-order valence-corrected chi connectivity index (χ0v) is 11.2. The van der Waals surface area contributed by atoms with Gasteiger partial charge in [-0.05, 0) is 12.1 Å². The Bertz CT molecular complexity index is 559. The molecule has 2 rings (SSSR count). The van der Waals surface area contributed by atoms with Crippen LogP contribution in [-0.4, -0.2) is 28.6 Å². The topological polar surface area (TPSA) is 79.2 Å². The van der Waals surface area contributed by atoms with Crippen molar-refractivity contribution in [2.75, 3.05) is 19.1 Å². The first kappa shape index (κ1) is 13.3. The van der Waals surface area contributed by atoms with E-state index >= 15 is 0 Å². The molecular weight excluding hydrogens is 270 g/mol. The van der Waals surface area contributed by atoms with Crippen molar-refractivity contribution in [1.82, 2.24) is 0 Å². The van der Waals surface area contributed by atoms with Crippen molar-refractivity contribution in [3.05, 3.63) is 40.8 Å². The number of hydrogen-bond acceptors (Lipinski definition) is 6. The quantitative estimate of drug-likeness (QED) is 0.883. The van der Waals surface area contributed by atoms with Gasteiger partial charge in [0.25, 0.3) is 0 Å². The fourth-order valence-electron chi connectivity index (χ4n) is 1.69. The van der Waals surface area contributed by atoms with Gasteiger partial charge in [0.15, 0.2) is 11.5 Å². The third-order valence-corrected chi connectivity index (χ3v) is 3.41. The molecule has 0 aromatic heterocycles. The first-order chi connectivity index (χ1) is 9.06. The van der Waals surface area contributed by atoms with Crippen LogP contribution in [-0.2, 0) is 10.8 Å². The second-order valence-corrected chi connectivity index (χ2v) is 4.78. The minimum atomic E-state index is -1.53. The number of nitrogens with zero attached hydrogens (tertiary/aromatic N) is 1. The van der Waals surface area contributed by atoms with Crippen LogP contribution in [0.25, 0.3) is 0 Å². The summed E-state index contributed by atoms with van der Waals surface area (Å²) in [4.78, 5) is 1.14. The average Bonchev–Trinajstić information content (AvgIpc) is 2.37. The lowest BCUT2D eigenvalue weighted by Crippen LogP contribution is -2.24. The van der Waals surface area contributed by atoms with Crippen LogP contribution in [0.5, 0.6) is 11.5 Å². The van der Waals surface area contributed by atoms with E-state index in [1.165, 1.54) is 14.2 Å². The molecule has 1 aromatic carbocycles. The van der Waals surface area contributed by atoms with E-state index in [2.05, 4.69) is 0 Å². The van der Waals surface area contributed by atoms with Crippen molar-refractivity contribution in [2.24, 2.45) is 0 Å². The van der Waals surface area contributed by atoms with E-state index in [9.17, 15) is 14.4 Å². The third kappa shape index (κ3) is 2.50. The van der Waals surface area contributed by atoms with Crippen molar-refractivity contribution in [2.45, 2.75) is 0 Å². The second-order valence-electron chi connectivity index (χ2n) is 3.66. The van der Waals surface area contributed by atoms with Crippen molar-refractivity contribution in [3.8, 4) is 11.5 Å². The SMILES string of the molecule is COc1ccc(N2C(O)=CS(=O)C=C2O)cc1OC. The Morgan fingerprint density at radius 2 is 1.63 bits per heavy atom. The Labute approximate surface area is 112 Å². The second kappa shape index (κ2) is 5.23. The molecule has 6 nitrogen and oxygen atoms in total. The molecule has 0 atom stereocenters. The Morgan fingerprint density at radius 3 is 2.16 bits per heavy atom. The molecule has 0 spiro atoms. The Morgan fingerprint density at radius 1 is 1.05 bits per heavy atom. The number of aliphatic hydroxyl groups excluding tert-OH is 2. The summed E-state index contributed by atoms with van der Waals surface area (Å²) in [6.45, 7) is 0. The molecule has 102 valence electrons. The van der Waals surface area contributed by atoms with Crippen LogP contribution in [0.4, 0.5) is 5.69 Å². The summed E-state index contributed by atoms with van der Waals surface area (Å²) in [7, 11) is 1.46. The van der Waals surface area contributed by atoms with Gasteiger partial charge in [-0.15, -0.1) is 0 Å². The van der Waals surface area contributed by atoms with Gasteiger partial charge in [0, 0.05) is 6.07 Å². The van der Waals surface area contributed by atoms with Gasteiger partial charge in [-0.1, -0.05) is 0 Å². The highest BCUT2D eigenvalue weighted by Crippen LogP contribution is 2.34. The van der Waals surface area contributed by atoms with Crippen LogP contribution in [0.2, 0.25) is 0 Å². The van der Waals surface area contributed by atoms with Crippen LogP contribution in [0.3, 0.4) is 0 Å². The molecule has 1 aromatic rings. The highest BCUT2D eigenvalue weighted by atomic mass is 32.2. The van der Waals surface area contributed by atoms with Crippen LogP contribution in [0.15, 0.2) is 40.8 Å². The maximum atomic E-state index is 11.3. The summed E-state index contributed by atoms with van der Waals surface area (Å²) < 4.78 is 21.5. The zero-order chi connectivity index (χ0) is 14.0. The Hall–Kier alpha value is -2.15. The van der Waals surface area contributed by atoms with Crippen molar-refractivity contribution >= 4 is 16.5 Å². The summed E-state index contributed by atoms with van der Waals surface area (Å²) in [6.07, 6.45) is 0. The van der Waals surface area contributed by atoms with Gasteiger partial charge in [0.2, 0.25) is 11.8 Å². The first-order valence-electron chi connectivity index (χ1n) is 5.30. The molecule has 2 N–H and O–H groups in total. The van der Waals surface area contributed by atoms with Gasteiger partial charge >= 0.3 is 0 Å². The number of benzene rings is 1. The standard InChI is InChI=1S/C12H13NO5S/c1-17-9-4-3-8(5-10(9)18-2)13-11(14)6-19(16)7-12(13)15/h3-7,14-15H,1-2H3. The predicted octanol–water partition coefficient (Wildman–Crippen LogP) is 1.99. The Balaban J connectivity index is 2.45. The minimum absolute atomic E-state index is 0.314. The van der Waals surface area contributed by atoms with Crippen molar-refractivity contribution in [3.63, 3.8) is 0 Å². The Kier molecular flexibility index (Phi) is 3.66. The molecule has 0 unspecified atom stereocenters. The molecule has 0 aliphatic carbocycles. The normalized spacial score (nSPS) is 15.8. The lowest BCUT2D eigenvalue weighted by atomic mass is 10.2. The van der Waals surface area contributed by atoms with Gasteiger partial charge < -0.3 is 19.7 Å². The minimum Gasteiger partial charge on any atom is -0.494 e. The van der Waals surface area contributed by atoms with E-state index in [-0.39, 0.29) is 11.8 Å². The fraction of sp³-hybridized carbons (Fsp3) is 0.167. The highest BCUT2D eigenvalue weighted by Gasteiger charge is 2.22. The zero-order valence-electron chi connectivity index (χ0n) is 10.4. The van der Waals surface area contributed by atoms with E-state index in [1.54, 1.807) is 18.2 Å². The number of ether oxygens (including phenoxy) is 2. The number of anilines is 1. The summed E-state index contributed by atoms with van der Waals surface area (Å²) in [6, 6.07) is 4.85. The lowest BCUT2D eigenvalue weighted by Gasteiger charge is -2.25. The molecule has 1 heterocycles. The van der Waals surface area contributed by atoms with Gasteiger partial charge in [0.1, 0.15) is 0 Å². The van der Waals surface area contributed by atoms with E-state index in [1.807, 2.05) is 0 Å². The van der Waals surface area contributed by atoms with Crippen LogP contribution >= 0.6 is 0 Å². The maximum Gasteiger partial charge on any atom is 0.207 e. The molecular formula is C12H13NO5S. The van der Waals surface area contributed by atoms with E-state index < -0.39 is 10.8 Å². The summed E-state index contributed by atoms with van der Waals surface area (Å²) in [5.74, 6) is 0.349. The van der Waals surface area contributed by atoms with E-state index in [4.69, 9.17) is 9.47 Å². The maximum absolute atomic E-state index is 11.3. The smallest absolute Gasteiger partial charge is 0.207 e. The molecule has 0 saturated heterocycles. The monoisotopic (exact) mass is 283 g/mol. The predicted molar refractivity (Wildman–Crippen MR) is 71.6 cm³/mol. The largest absolute Gasteiger partial charge is 0.494 e. The molecule has 7 heteroatoms. The summed E-state index contributed by atoms with van der Waals surface area (Å²) in [5.41, 5.74) is 0.455. The van der Waals surface area contributed by atoms with E-state index in [0.717, 1.165) is 15.7 Å². The van der Waals surface area contributed by atoms with Crippen LogP contribution < -0.4 is 14.4 Å². The van der Waals surface area contributed by atoms with Gasteiger partial charge in [-0.2, -0.15) is 0 Å². The molecule has 0 bridgehead atoms. The fourth-order valence-corrected chi connectivity index (χ4v) is 2.39. The molecule has 0 saturated carbocycles. The molecule has 1 aliphatic heterocycles. The molecule has 0 fully saturated rings. The van der Waals surface area contributed by atoms with Gasteiger partial charge in [-0.3, -0.25) is 4.90 Å². The van der Waals surface area contributed by atoms with Crippen LogP contribution in [0.1, 0.15) is 0 Å². The van der Waals surface area contributed by atoms with Gasteiger partial charge in [-0.25, -0.2) is 4.21 Å². The third-order valence-electron chi connectivity index (χ3n) is 2.53. The van der Waals surface area contributed by atoms with Crippen LogP contribution in [0, 0.1) is 0 Å². The number of aliphatic hydroxyl groups is 2. The summed E-state index contributed by atoms with van der Waals surface area (Å²) in [5, 5.41) is 21.8. The molecule has 0 radical (unpaired) electrons. The van der Waals surface area contributed by atoms with Gasteiger partial charge in [0.05, 0.1) is 41.5 Å². The first-order valence-corrected chi connectivity index (χ1v) is 6.57. The molecule has 0 amide bonds. The molecule has 19 heavy (non-hydrogen) atoms. The van der Waals surface area contributed by atoms with E-state index in [0.29, 0.717) is 17.2 Å². The average molecular weight is 283 g/mol. The lowest BCUT2D eigenvalue weighted by molar-refractivity contribution is 0.340. The highest BCUT2D eigenvalue weighted by molar-refractivity contribution is 7.91. The van der Waals surface area contributed by atoms with Crippen molar-refractivity contribution in [1.29, 1.82) is 0 Å². The summed E-state index contributed by atoms with van der Waals surface area (Å²) >= 11 is 0. The number of rotatable bonds is 3. The number of methoxy groups -OCH3 is 2. The number of hydrogen-bond donors (Lipinski definition) is 2. The van der Waals surface area contributed by atoms with Crippen molar-refractivity contribution < 1.29 is 23.9 Å².